The maximum atomic E-state index is 11.5. The molecule has 0 aromatic heterocycles. The van der Waals surface area contributed by atoms with Crippen molar-refractivity contribution in [3.63, 3.8) is 0 Å². The predicted octanol–water partition coefficient (Wildman–Crippen LogP) is 4.72. The van der Waals surface area contributed by atoms with E-state index in [9.17, 15) is 4.79 Å². The van der Waals surface area contributed by atoms with Crippen LogP contribution in [-0.4, -0.2) is 18.2 Å². The van der Waals surface area contributed by atoms with E-state index >= 15 is 0 Å². The number of hydrogen-bond acceptors (Lipinski definition) is 3. The summed E-state index contributed by atoms with van der Waals surface area (Å²) in [6.45, 7) is 18.6. The molecule has 110 valence electrons. The third-order valence-corrected chi connectivity index (χ3v) is 2.67. The summed E-state index contributed by atoms with van der Waals surface area (Å²) in [4.78, 5) is 12.3. The predicted molar refractivity (Wildman–Crippen MR) is 91.5 cm³/mol. The Morgan fingerprint density at radius 3 is 2.37 bits per heavy atom. The summed E-state index contributed by atoms with van der Waals surface area (Å²) in [6, 6.07) is 0. The zero-order chi connectivity index (χ0) is 15.1. The van der Waals surface area contributed by atoms with Crippen molar-refractivity contribution in [1.29, 1.82) is 0 Å². The van der Waals surface area contributed by atoms with Gasteiger partial charge in [-0.25, -0.2) is 0 Å². The minimum absolute atomic E-state index is 0. The second-order valence-corrected chi connectivity index (χ2v) is 5.28. The molecule has 0 aliphatic carbocycles. The lowest BCUT2D eigenvalue weighted by atomic mass is 10.3. The van der Waals surface area contributed by atoms with E-state index in [1.54, 1.807) is 18.2 Å². The van der Waals surface area contributed by atoms with Gasteiger partial charge in [-0.2, -0.15) is 0 Å². The van der Waals surface area contributed by atoms with Gasteiger partial charge in [-0.15, -0.1) is 6.58 Å². The highest BCUT2D eigenvalue weighted by Gasteiger charge is 2.03. The Kier molecular flexibility index (Phi) is 16.0. The molecule has 0 rings (SSSR count). The summed E-state index contributed by atoms with van der Waals surface area (Å²) in [5.41, 5.74) is 1.17. The highest BCUT2D eigenvalue weighted by Crippen LogP contribution is 2.19. The number of hydrogen-bond donors (Lipinski definition) is 1. The van der Waals surface area contributed by atoms with Crippen LogP contribution in [0.5, 0.6) is 0 Å². The van der Waals surface area contributed by atoms with Crippen LogP contribution in [0.4, 0.5) is 0 Å². The zero-order valence-electron chi connectivity index (χ0n) is 12.5. The lowest BCUT2D eigenvalue weighted by Gasteiger charge is -2.01. The van der Waals surface area contributed by atoms with Crippen molar-refractivity contribution in [2.45, 2.75) is 33.6 Å². The van der Waals surface area contributed by atoms with E-state index in [2.05, 4.69) is 32.0 Å². The summed E-state index contributed by atoms with van der Waals surface area (Å²) in [5.74, 6) is 0. The van der Waals surface area contributed by atoms with Gasteiger partial charge in [-0.05, 0) is 39.4 Å². The first-order chi connectivity index (χ1) is 8.97. The molecule has 19 heavy (non-hydrogen) atoms. The molecular formula is C16H29NOS. The molecule has 2 nitrogen and oxygen atoms in total. The molecule has 0 aromatic rings. The van der Waals surface area contributed by atoms with Gasteiger partial charge in [0, 0.05) is 12.8 Å². The van der Waals surface area contributed by atoms with Crippen molar-refractivity contribution in [2.75, 3.05) is 13.1 Å². The van der Waals surface area contributed by atoms with Crippen LogP contribution in [-0.2, 0) is 4.79 Å². The van der Waals surface area contributed by atoms with E-state index in [1.807, 2.05) is 13.8 Å². The molecule has 0 saturated heterocycles. The summed E-state index contributed by atoms with van der Waals surface area (Å²) in [5, 5.41) is 3.37. The lowest BCUT2D eigenvalue weighted by Crippen LogP contribution is -2.14. The maximum Gasteiger partial charge on any atom is 0.193 e. The molecular weight excluding hydrogens is 254 g/mol. The van der Waals surface area contributed by atoms with Gasteiger partial charge in [0.05, 0.1) is 0 Å². The second kappa shape index (κ2) is 15.0. The third-order valence-electron chi connectivity index (χ3n) is 1.70. The molecule has 0 atom stereocenters. The molecule has 0 aliphatic heterocycles. The van der Waals surface area contributed by atoms with Crippen LogP contribution in [0.25, 0.3) is 0 Å². The van der Waals surface area contributed by atoms with Crippen LogP contribution in [0, 0.1) is 0 Å². The topological polar surface area (TPSA) is 29.1 Å². The summed E-state index contributed by atoms with van der Waals surface area (Å²) >= 11 is 1.23. The monoisotopic (exact) mass is 283 g/mol. The fraction of sp³-hybridized carbons (Fsp3) is 0.438. The lowest BCUT2D eigenvalue weighted by molar-refractivity contribution is -0.111. The highest BCUT2D eigenvalue weighted by molar-refractivity contribution is 8.17. The average molecular weight is 283 g/mol. The molecule has 1 N–H and O–H groups in total. The van der Waals surface area contributed by atoms with Gasteiger partial charge in [0.15, 0.2) is 5.12 Å². The Labute approximate surface area is 124 Å². The maximum absolute atomic E-state index is 11.5. The molecule has 0 saturated carbocycles. The normalized spacial score (nSPS) is 10.2. The second-order valence-electron chi connectivity index (χ2n) is 4.15. The van der Waals surface area contributed by atoms with Crippen LogP contribution in [0.3, 0.4) is 0 Å². The molecule has 0 spiro atoms. The number of thioether (sulfide) groups is 1. The van der Waals surface area contributed by atoms with E-state index in [0.717, 1.165) is 24.4 Å². The van der Waals surface area contributed by atoms with Crippen LogP contribution < -0.4 is 5.32 Å². The molecule has 0 fully saturated rings. The van der Waals surface area contributed by atoms with Crippen molar-refractivity contribution in [1.82, 2.24) is 5.32 Å². The number of nitrogens with one attached hydrogen (secondary N) is 1. The molecule has 0 amide bonds. The molecule has 0 radical (unpaired) electrons. The number of allylic oxidation sites excluding steroid dienone is 4. The van der Waals surface area contributed by atoms with Crippen molar-refractivity contribution < 1.29 is 6.22 Å². The van der Waals surface area contributed by atoms with Crippen molar-refractivity contribution >= 4 is 16.9 Å². The smallest absolute Gasteiger partial charge is 0.193 e. The molecule has 0 heterocycles. The van der Waals surface area contributed by atoms with Gasteiger partial charge < -0.3 is 5.32 Å². The molecule has 0 bridgehead atoms. The Balaban J connectivity index is -0.000000508. The number of rotatable bonds is 8. The molecule has 0 aromatic carbocycles. The first kappa shape index (κ1) is 20.3. The van der Waals surface area contributed by atoms with Gasteiger partial charge in [0.1, 0.15) is 0 Å². The number of carbonyl (C=O) groups is 1. The van der Waals surface area contributed by atoms with Gasteiger partial charge in [-0.1, -0.05) is 49.6 Å². The van der Waals surface area contributed by atoms with Crippen molar-refractivity contribution in [2.24, 2.45) is 0 Å². The zero-order valence-corrected chi connectivity index (χ0v) is 13.3. The molecule has 0 aliphatic rings. The highest BCUT2D eigenvalue weighted by atomic mass is 32.2. The van der Waals surface area contributed by atoms with E-state index in [0.29, 0.717) is 6.42 Å². The standard InChI is InChI=1S/C12H19NOS.C4H8.H2/c1-4-8-11(5-2)15-12(14)9-7-10-13-6-3;1-4(2)3;/h4-5,8,13H,1-2,6-7,9-10H2,3H3;1H2,2-3H3;1H/b11-8+;;. The fourth-order valence-electron chi connectivity index (χ4n) is 0.977. The Morgan fingerprint density at radius 1 is 1.37 bits per heavy atom. The van der Waals surface area contributed by atoms with E-state index < -0.39 is 0 Å². The summed E-state index contributed by atoms with van der Waals surface area (Å²) in [7, 11) is 0. The van der Waals surface area contributed by atoms with E-state index in [1.165, 1.54) is 17.3 Å². The van der Waals surface area contributed by atoms with E-state index in [-0.39, 0.29) is 6.54 Å². The van der Waals surface area contributed by atoms with Crippen molar-refractivity contribution in [3.8, 4) is 0 Å². The minimum Gasteiger partial charge on any atom is -0.317 e. The summed E-state index contributed by atoms with van der Waals surface area (Å²) < 4.78 is 0. The average Bonchev–Trinajstić information content (AvgIpc) is 2.33. The van der Waals surface area contributed by atoms with Gasteiger partial charge in [-0.3, -0.25) is 4.79 Å². The van der Waals surface area contributed by atoms with Gasteiger partial charge in [0.25, 0.3) is 0 Å². The van der Waals surface area contributed by atoms with E-state index in [4.69, 9.17) is 0 Å². The largest absolute Gasteiger partial charge is 0.317 e. The van der Waals surface area contributed by atoms with Gasteiger partial charge in [0.2, 0.25) is 0 Å². The Bertz CT molecular complexity index is 320. The van der Waals surface area contributed by atoms with Crippen LogP contribution >= 0.6 is 11.8 Å². The van der Waals surface area contributed by atoms with Crippen LogP contribution in [0.1, 0.15) is 35.0 Å². The van der Waals surface area contributed by atoms with Gasteiger partial charge >= 0.3 is 0 Å². The minimum atomic E-state index is 0. The Morgan fingerprint density at radius 2 is 1.95 bits per heavy atom. The van der Waals surface area contributed by atoms with Crippen LogP contribution in [0.2, 0.25) is 0 Å². The first-order valence-corrected chi connectivity index (χ1v) is 7.28. The quantitative estimate of drug-likeness (QED) is 0.397. The Hall–Kier alpha value is -1.06. The van der Waals surface area contributed by atoms with Crippen LogP contribution in [0.15, 0.2) is 48.4 Å². The number of carbonyl (C=O) groups excluding carboxylic acids is 1. The first-order valence-electron chi connectivity index (χ1n) is 6.46. The molecule has 0 unspecified atom stereocenters. The SMILES string of the molecule is C=C(C)C.C=C/C=C(\C=C)SC(=O)CCCNCC.[HH]. The fourth-order valence-corrected chi connectivity index (χ4v) is 1.73. The third kappa shape index (κ3) is 19.5. The summed E-state index contributed by atoms with van der Waals surface area (Å²) in [6.07, 6.45) is 6.61. The molecule has 3 heteroatoms. The van der Waals surface area contributed by atoms with Crippen molar-refractivity contribution in [3.05, 3.63) is 48.4 Å².